The second-order valence-electron chi connectivity index (χ2n) is 1.64. The molecule has 0 spiro atoms. The molecule has 0 saturated heterocycles. The molecule has 0 bridgehead atoms. The number of hydrogen-bond acceptors (Lipinski definition) is 1. The lowest BCUT2D eigenvalue weighted by Gasteiger charge is -1.94. The molecule has 0 aromatic carbocycles. The van der Waals surface area contributed by atoms with Gasteiger partial charge in [-0.05, 0) is 20.3 Å². The molecule has 0 unspecified atom stereocenters. The number of unbranched alkanes of at least 4 members (excludes halogenated alkanes) is 1. The maximum absolute atomic E-state index is 5.00. The molecule has 0 amide bonds. The Balaban J connectivity index is 2.80. The first-order chi connectivity index (χ1) is 4.41. The predicted molar refractivity (Wildman–Crippen MR) is 38.9 cm³/mol. The van der Waals surface area contributed by atoms with Crippen LogP contribution in [-0.2, 0) is 4.74 Å². The lowest BCUT2D eigenvalue weighted by atomic mass is 10.3. The summed E-state index contributed by atoms with van der Waals surface area (Å²) in [6.45, 7) is 6.75. The second kappa shape index (κ2) is 7.52. The Kier molecular flexibility index (Phi) is 7.12. The third-order valence-electron chi connectivity index (χ3n) is 0.912. The van der Waals surface area contributed by atoms with Crippen LogP contribution in [0.1, 0.15) is 19.8 Å². The van der Waals surface area contributed by atoms with Crippen LogP contribution < -0.4 is 0 Å². The van der Waals surface area contributed by atoms with Crippen molar-refractivity contribution in [1.82, 2.24) is 0 Å². The van der Waals surface area contributed by atoms with Crippen LogP contribution in [0.4, 0.5) is 0 Å². The molecule has 0 aromatic rings. The Labute approximate surface area is 57.4 Å². The van der Waals surface area contributed by atoms with Gasteiger partial charge in [0, 0.05) is 19.6 Å². The van der Waals surface area contributed by atoms with Crippen LogP contribution in [0, 0.1) is 18.8 Å². The molecule has 1 heteroatoms. The molecule has 0 aliphatic rings. The van der Waals surface area contributed by atoms with Crippen LogP contribution in [0.3, 0.4) is 0 Å². The van der Waals surface area contributed by atoms with E-state index in [1.165, 1.54) is 0 Å². The number of rotatable bonds is 4. The average molecular weight is 125 g/mol. The minimum absolute atomic E-state index is 0.569. The zero-order valence-corrected chi connectivity index (χ0v) is 5.94. The number of hydrogen-bond donors (Lipinski definition) is 0. The summed E-state index contributed by atoms with van der Waals surface area (Å²) >= 11 is 0. The molecule has 0 saturated carbocycles. The first-order valence-corrected chi connectivity index (χ1v) is 3.18. The van der Waals surface area contributed by atoms with Crippen LogP contribution in [0.5, 0.6) is 0 Å². The molecule has 1 radical (unpaired) electrons. The van der Waals surface area contributed by atoms with Gasteiger partial charge in [-0.2, -0.15) is 0 Å². The summed E-state index contributed by atoms with van der Waals surface area (Å²) in [5.74, 6) is 5.78. The zero-order valence-electron chi connectivity index (χ0n) is 5.94. The third-order valence-corrected chi connectivity index (χ3v) is 0.912. The van der Waals surface area contributed by atoms with Gasteiger partial charge in [-0.25, -0.2) is 0 Å². The summed E-state index contributed by atoms with van der Waals surface area (Å²) in [5.41, 5.74) is 0. The van der Waals surface area contributed by atoms with Crippen molar-refractivity contribution in [2.45, 2.75) is 19.8 Å². The van der Waals surface area contributed by atoms with E-state index in [9.17, 15) is 0 Å². The van der Waals surface area contributed by atoms with E-state index in [1.807, 2.05) is 6.92 Å². The summed E-state index contributed by atoms with van der Waals surface area (Å²) in [4.78, 5) is 0. The van der Waals surface area contributed by atoms with Crippen molar-refractivity contribution in [2.75, 3.05) is 13.2 Å². The van der Waals surface area contributed by atoms with E-state index in [1.54, 1.807) is 0 Å². The quantitative estimate of drug-likeness (QED) is 0.410. The molecular formula is C8H13O. The molecule has 0 N–H and O–H groups in total. The maximum Gasteiger partial charge on any atom is 0.0475 e. The molecular weight excluding hydrogens is 112 g/mol. The fourth-order valence-electron chi connectivity index (χ4n) is 0.490. The minimum atomic E-state index is 0.569. The largest absolute Gasteiger partial charge is 0.381 e. The first kappa shape index (κ1) is 8.52. The van der Waals surface area contributed by atoms with Gasteiger partial charge >= 0.3 is 0 Å². The lowest BCUT2D eigenvalue weighted by molar-refractivity contribution is 0.159. The van der Waals surface area contributed by atoms with Gasteiger partial charge in [-0.3, -0.25) is 0 Å². The lowest BCUT2D eigenvalue weighted by Crippen LogP contribution is -1.91. The van der Waals surface area contributed by atoms with Crippen LogP contribution in [-0.4, -0.2) is 13.2 Å². The molecule has 0 aliphatic carbocycles. The van der Waals surface area contributed by atoms with E-state index in [-0.39, 0.29) is 0 Å². The fraction of sp³-hybridized carbons (Fsp3) is 0.625. The average Bonchev–Trinajstić information content (AvgIpc) is 1.89. The maximum atomic E-state index is 5.00. The molecule has 51 valence electrons. The Hall–Kier alpha value is -0.480. The summed E-state index contributed by atoms with van der Waals surface area (Å²) in [7, 11) is 0. The second-order valence-corrected chi connectivity index (χ2v) is 1.64. The third kappa shape index (κ3) is 7.52. The van der Waals surface area contributed by atoms with Gasteiger partial charge in [0.1, 0.15) is 0 Å². The standard InChI is InChI=1S/C8H13O/c1-3-5-6-7-8-9-4-2/h2,4,6-8H2,1H3. The first-order valence-electron chi connectivity index (χ1n) is 3.18. The SMILES string of the molecule is [CH2]COCCCC#CC. The van der Waals surface area contributed by atoms with Gasteiger partial charge in [0.15, 0.2) is 0 Å². The van der Waals surface area contributed by atoms with Crippen LogP contribution in [0.25, 0.3) is 0 Å². The van der Waals surface area contributed by atoms with E-state index < -0.39 is 0 Å². The fourth-order valence-corrected chi connectivity index (χ4v) is 0.490. The van der Waals surface area contributed by atoms with E-state index >= 15 is 0 Å². The van der Waals surface area contributed by atoms with Crippen molar-refractivity contribution in [3.05, 3.63) is 6.92 Å². The van der Waals surface area contributed by atoms with Gasteiger partial charge in [0.05, 0.1) is 0 Å². The Morgan fingerprint density at radius 2 is 2.33 bits per heavy atom. The normalized spacial score (nSPS) is 8.22. The molecule has 0 fully saturated rings. The highest BCUT2D eigenvalue weighted by molar-refractivity contribution is 4.94. The Bertz CT molecular complexity index is 96.9. The van der Waals surface area contributed by atoms with Gasteiger partial charge in [0.2, 0.25) is 0 Å². The van der Waals surface area contributed by atoms with Gasteiger partial charge in [-0.1, -0.05) is 0 Å². The molecule has 0 rings (SSSR count). The predicted octanol–water partition coefficient (Wildman–Crippen LogP) is 1.64. The molecule has 9 heavy (non-hydrogen) atoms. The Morgan fingerprint density at radius 3 is 2.89 bits per heavy atom. The van der Waals surface area contributed by atoms with E-state index in [4.69, 9.17) is 4.74 Å². The molecule has 1 nitrogen and oxygen atoms in total. The highest BCUT2D eigenvalue weighted by atomic mass is 16.5. The van der Waals surface area contributed by atoms with Crippen molar-refractivity contribution in [2.24, 2.45) is 0 Å². The van der Waals surface area contributed by atoms with Crippen LogP contribution in [0.2, 0.25) is 0 Å². The molecule has 0 aliphatic heterocycles. The molecule has 0 heterocycles. The van der Waals surface area contributed by atoms with Crippen molar-refractivity contribution in [3.8, 4) is 11.8 Å². The van der Waals surface area contributed by atoms with Gasteiger partial charge in [-0.15, -0.1) is 11.8 Å². The van der Waals surface area contributed by atoms with Gasteiger partial charge in [0.25, 0.3) is 0 Å². The van der Waals surface area contributed by atoms with Crippen LogP contribution in [0.15, 0.2) is 0 Å². The molecule has 0 atom stereocenters. The van der Waals surface area contributed by atoms with Gasteiger partial charge < -0.3 is 4.74 Å². The summed E-state index contributed by atoms with van der Waals surface area (Å²) < 4.78 is 5.00. The van der Waals surface area contributed by atoms with Crippen molar-refractivity contribution in [1.29, 1.82) is 0 Å². The van der Waals surface area contributed by atoms with E-state index in [2.05, 4.69) is 18.8 Å². The topological polar surface area (TPSA) is 9.23 Å². The van der Waals surface area contributed by atoms with Crippen molar-refractivity contribution >= 4 is 0 Å². The minimum Gasteiger partial charge on any atom is -0.381 e. The Morgan fingerprint density at radius 1 is 1.56 bits per heavy atom. The number of ether oxygens (including phenoxy) is 1. The van der Waals surface area contributed by atoms with Crippen molar-refractivity contribution < 1.29 is 4.74 Å². The van der Waals surface area contributed by atoms with Crippen LogP contribution >= 0.6 is 0 Å². The van der Waals surface area contributed by atoms with E-state index in [0.29, 0.717) is 6.61 Å². The summed E-state index contributed by atoms with van der Waals surface area (Å²) in [6, 6.07) is 0. The highest BCUT2D eigenvalue weighted by Crippen LogP contribution is 1.86. The zero-order chi connectivity index (χ0) is 6.95. The smallest absolute Gasteiger partial charge is 0.0475 e. The highest BCUT2D eigenvalue weighted by Gasteiger charge is 1.81. The summed E-state index contributed by atoms with van der Waals surface area (Å²) in [5, 5.41) is 0. The summed E-state index contributed by atoms with van der Waals surface area (Å²) in [6.07, 6.45) is 1.97. The monoisotopic (exact) mass is 125 g/mol. The van der Waals surface area contributed by atoms with E-state index in [0.717, 1.165) is 19.4 Å². The van der Waals surface area contributed by atoms with Crippen molar-refractivity contribution in [3.63, 3.8) is 0 Å². The molecule has 0 aromatic heterocycles.